The summed E-state index contributed by atoms with van der Waals surface area (Å²) < 4.78 is 5.44. The number of Topliss-reactive ketones (excluding diaryl/α,β-unsaturated/α-hetero) is 1. The molecule has 18 heavy (non-hydrogen) atoms. The molecule has 0 fully saturated rings. The summed E-state index contributed by atoms with van der Waals surface area (Å²) in [7, 11) is 1.80. The second kappa shape index (κ2) is 5.16. The third kappa shape index (κ3) is 2.30. The Labute approximate surface area is 114 Å². The van der Waals surface area contributed by atoms with Gasteiger partial charge in [-0.15, -0.1) is 5.10 Å². The van der Waals surface area contributed by atoms with Gasteiger partial charge >= 0.3 is 0 Å². The Morgan fingerprint density at radius 3 is 2.72 bits per heavy atom. The van der Waals surface area contributed by atoms with Gasteiger partial charge in [0.2, 0.25) is 0 Å². The van der Waals surface area contributed by atoms with Crippen LogP contribution in [0.1, 0.15) is 33.7 Å². The predicted octanol–water partition coefficient (Wildman–Crippen LogP) is 2.22. The van der Waals surface area contributed by atoms with Crippen molar-refractivity contribution in [2.24, 2.45) is 7.05 Å². The van der Waals surface area contributed by atoms with E-state index >= 15 is 0 Å². The van der Waals surface area contributed by atoms with Crippen LogP contribution in [0.3, 0.4) is 0 Å². The number of hydrogen-bond donors (Lipinski definition) is 0. The highest BCUT2D eigenvalue weighted by atomic mass is 35.5. The van der Waals surface area contributed by atoms with Gasteiger partial charge in [-0.3, -0.25) is 9.48 Å². The molecule has 0 saturated carbocycles. The highest BCUT2D eigenvalue weighted by Crippen LogP contribution is 2.23. The summed E-state index contributed by atoms with van der Waals surface area (Å²) in [6.07, 6.45) is 0.981. The van der Waals surface area contributed by atoms with E-state index < -0.39 is 0 Å². The molecule has 0 amide bonds. The maximum absolute atomic E-state index is 12.1. The second-order valence-electron chi connectivity index (χ2n) is 3.97. The highest BCUT2D eigenvalue weighted by Gasteiger charge is 2.19. The van der Waals surface area contributed by atoms with E-state index in [-0.39, 0.29) is 12.2 Å². The molecule has 0 N–H and O–H groups in total. The van der Waals surface area contributed by atoms with E-state index in [9.17, 15) is 4.79 Å². The molecular formula is C11H13ClN4OS. The maximum Gasteiger partial charge on any atom is 0.182 e. The molecule has 0 saturated heterocycles. The van der Waals surface area contributed by atoms with Crippen molar-refractivity contribution in [3.05, 3.63) is 27.0 Å². The Hall–Kier alpha value is -1.27. The molecule has 0 bridgehead atoms. The van der Waals surface area contributed by atoms with E-state index in [2.05, 4.69) is 14.7 Å². The molecule has 0 radical (unpaired) electrons. The van der Waals surface area contributed by atoms with Crippen molar-refractivity contribution in [1.82, 2.24) is 19.4 Å². The predicted molar refractivity (Wildman–Crippen MR) is 70.3 cm³/mol. The Balaban J connectivity index is 2.27. The monoisotopic (exact) mass is 284 g/mol. The molecule has 2 heterocycles. The first-order chi connectivity index (χ1) is 8.54. The van der Waals surface area contributed by atoms with Gasteiger partial charge in [0.05, 0.1) is 28.5 Å². The van der Waals surface area contributed by atoms with E-state index in [4.69, 9.17) is 11.6 Å². The second-order valence-corrected chi connectivity index (χ2v) is 5.10. The zero-order chi connectivity index (χ0) is 13.3. The van der Waals surface area contributed by atoms with Gasteiger partial charge in [0.1, 0.15) is 4.88 Å². The lowest BCUT2D eigenvalue weighted by Crippen LogP contribution is -2.08. The van der Waals surface area contributed by atoms with Gasteiger partial charge < -0.3 is 0 Å². The molecule has 0 spiro atoms. The van der Waals surface area contributed by atoms with Crippen molar-refractivity contribution in [3.8, 4) is 0 Å². The number of halogens is 1. The standard InChI is InChI=1S/C11H13ClN4OS/c1-4-7-10(12)8(16(3)14-7)5-9(17)11-6(2)13-15-18-11/h4-5H2,1-3H3. The summed E-state index contributed by atoms with van der Waals surface area (Å²) in [6, 6.07) is 0. The Morgan fingerprint density at radius 1 is 1.50 bits per heavy atom. The number of carbonyl (C=O) groups excluding carboxylic acids is 1. The summed E-state index contributed by atoms with van der Waals surface area (Å²) in [5, 5.41) is 8.71. The highest BCUT2D eigenvalue weighted by molar-refractivity contribution is 7.08. The van der Waals surface area contributed by atoms with Gasteiger partial charge in [0.25, 0.3) is 0 Å². The van der Waals surface area contributed by atoms with Crippen LogP contribution in [-0.2, 0) is 19.9 Å². The van der Waals surface area contributed by atoms with Crippen LogP contribution in [0.25, 0.3) is 0 Å². The quantitative estimate of drug-likeness (QED) is 0.808. The van der Waals surface area contributed by atoms with Crippen LogP contribution in [0.15, 0.2) is 0 Å². The smallest absolute Gasteiger partial charge is 0.182 e. The fourth-order valence-electron chi connectivity index (χ4n) is 1.73. The SMILES string of the molecule is CCc1nn(C)c(CC(=O)c2snnc2C)c1Cl. The lowest BCUT2D eigenvalue weighted by molar-refractivity contribution is 0.0994. The number of rotatable bonds is 4. The molecule has 96 valence electrons. The number of aromatic nitrogens is 4. The summed E-state index contributed by atoms with van der Waals surface area (Å²) in [4.78, 5) is 12.7. The molecular weight excluding hydrogens is 272 g/mol. The lowest BCUT2D eigenvalue weighted by Gasteiger charge is -2.01. The summed E-state index contributed by atoms with van der Waals surface area (Å²) in [5.74, 6) is -0.0185. The molecule has 0 atom stereocenters. The van der Waals surface area contributed by atoms with E-state index in [1.54, 1.807) is 18.7 Å². The van der Waals surface area contributed by atoms with Gasteiger partial charge in [-0.25, -0.2) is 0 Å². The third-order valence-electron chi connectivity index (χ3n) is 2.74. The van der Waals surface area contributed by atoms with Crippen LogP contribution >= 0.6 is 23.1 Å². The number of hydrogen-bond acceptors (Lipinski definition) is 5. The largest absolute Gasteiger partial charge is 0.293 e. The number of aryl methyl sites for hydroxylation is 3. The van der Waals surface area contributed by atoms with Gasteiger partial charge in [-0.05, 0) is 24.9 Å². The summed E-state index contributed by atoms with van der Waals surface area (Å²) in [6.45, 7) is 3.76. The van der Waals surface area contributed by atoms with Crippen LogP contribution < -0.4 is 0 Å². The zero-order valence-corrected chi connectivity index (χ0v) is 12.0. The average Bonchev–Trinajstić information content (AvgIpc) is 2.87. The molecule has 7 heteroatoms. The zero-order valence-electron chi connectivity index (χ0n) is 10.4. The summed E-state index contributed by atoms with van der Waals surface area (Å²) in [5.41, 5.74) is 2.23. The number of ketones is 1. The van der Waals surface area contributed by atoms with Crippen LogP contribution in [0, 0.1) is 6.92 Å². The van der Waals surface area contributed by atoms with Crippen LogP contribution in [0.5, 0.6) is 0 Å². The molecule has 0 aromatic carbocycles. The normalized spacial score (nSPS) is 10.9. The molecule has 2 aromatic heterocycles. The summed E-state index contributed by atoms with van der Waals surface area (Å²) >= 11 is 7.33. The van der Waals surface area contributed by atoms with Crippen LogP contribution in [0.4, 0.5) is 0 Å². The number of nitrogens with zero attached hydrogens (tertiary/aromatic N) is 4. The molecule has 0 unspecified atom stereocenters. The fourth-order valence-corrected chi connectivity index (χ4v) is 2.68. The molecule has 2 aromatic rings. The molecule has 0 aliphatic rings. The van der Waals surface area contributed by atoms with Crippen molar-refractivity contribution < 1.29 is 4.79 Å². The number of carbonyl (C=O) groups is 1. The van der Waals surface area contributed by atoms with Crippen molar-refractivity contribution >= 4 is 28.9 Å². The van der Waals surface area contributed by atoms with Gasteiger partial charge in [0, 0.05) is 7.05 Å². The lowest BCUT2D eigenvalue weighted by atomic mass is 10.1. The Morgan fingerprint density at radius 2 is 2.22 bits per heavy atom. The first kappa shape index (κ1) is 13.2. The first-order valence-electron chi connectivity index (χ1n) is 5.57. The van der Waals surface area contributed by atoms with Crippen molar-refractivity contribution in [2.45, 2.75) is 26.7 Å². The van der Waals surface area contributed by atoms with Gasteiger partial charge in [-0.1, -0.05) is 23.0 Å². The van der Waals surface area contributed by atoms with Crippen molar-refractivity contribution in [3.63, 3.8) is 0 Å². The Kier molecular flexibility index (Phi) is 3.77. The maximum atomic E-state index is 12.1. The van der Waals surface area contributed by atoms with Crippen molar-refractivity contribution in [1.29, 1.82) is 0 Å². The minimum Gasteiger partial charge on any atom is -0.293 e. The average molecular weight is 285 g/mol. The Bertz CT molecular complexity index is 590. The molecule has 0 aliphatic heterocycles. The molecule has 2 rings (SSSR count). The molecule has 0 aliphatic carbocycles. The van der Waals surface area contributed by atoms with E-state index in [0.717, 1.165) is 29.3 Å². The third-order valence-corrected chi connectivity index (χ3v) is 4.04. The van der Waals surface area contributed by atoms with E-state index in [0.29, 0.717) is 15.6 Å². The minimum atomic E-state index is -0.0185. The minimum absolute atomic E-state index is 0.0185. The van der Waals surface area contributed by atoms with E-state index in [1.165, 1.54) is 0 Å². The first-order valence-corrected chi connectivity index (χ1v) is 6.72. The van der Waals surface area contributed by atoms with E-state index in [1.807, 2.05) is 6.92 Å². The van der Waals surface area contributed by atoms with Gasteiger partial charge in [-0.2, -0.15) is 5.10 Å². The molecule has 5 nitrogen and oxygen atoms in total. The van der Waals surface area contributed by atoms with Crippen molar-refractivity contribution in [2.75, 3.05) is 0 Å². The van der Waals surface area contributed by atoms with Gasteiger partial charge in [0.15, 0.2) is 5.78 Å². The fraction of sp³-hybridized carbons (Fsp3) is 0.455. The van der Waals surface area contributed by atoms with Crippen LogP contribution in [0.2, 0.25) is 5.02 Å². The topological polar surface area (TPSA) is 60.7 Å². The van der Waals surface area contributed by atoms with Crippen LogP contribution in [-0.4, -0.2) is 25.2 Å².